The molecule has 1 fully saturated rings. The number of nitrogens with one attached hydrogen (secondary N) is 2. The molecular formula is C11H19N3O5. The molecule has 0 radical (unpaired) electrons. The van der Waals surface area contributed by atoms with E-state index in [9.17, 15) is 19.5 Å². The van der Waals surface area contributed by atoms with E-state index in [0.29, 0.717) is 0 Å². The molecule has 8 heteroatoms. The van der Waals surface area contributed by atoms with Crippen molar-refractivity contribution in [3.63, 3.8) is 0 Å². The number of rotatable bonds is 5. The molecule has 1 rings (SSSR count). The van der Waals surface area contributed by atoms with Crippen LogP contribution in [0.5, 0.6) is 0 Å². The van der Waals surface area contributed by atoms with E-state index in [4.69, 9.17) is 5.11 Å². The maximum Gasteiger partial charge on any atom is 0.325 e. The lowest BCUT2D eigenvalue weighted by atomic mass is 10.1. The highest BCUT2D eigenvalue weighted by atomic mass is 16.3. The van der Waals surface area contributed by atoms with Gasteiger partial charge in [0.25, 0.3) is 5.91 Å². The Hall–Kier alpha value is -1.67. The van der Waals surface area contributed by atoms with Crippen molar-refractivity contribution in [2.45, 2.75) is 31.9 Å². The standard InChI is InChI=1S/C11H19N3O5/c1-10(2)8(17)14(9(18)13-10)4-7(16)12-5-11(3,19)6-15/h15,19H,4-6H2,1-3H3,(H,12,16)(H,13,18). The molecule has 19 heavy (non-hydrogen) atoms. The van der Waals surface area contributed by atoms with Gasteiger partial charge in [0.05, 0.1) is 6.61 Å². The lowest BCUT2D eigenvalue weighted by molar-refractivity contribution is -0.134. The summed E-state index contributed by atoms with van der Waals surface area (Å²) in [5.74, 6) is -1.07. The van der Waals surface area contributed by atoms with Gasteiger partial charge in [-0.1, -0.05) is 0 Å². The topological polar surface area (TPSA) is 119 Å². The number of imide groups is 1. The Balaban J connectivity index is 2.54. The van der Waals surface area contributed by atoms with Crippen LogP contribution < -0.4 is 10.6 Å². The molecule has 8 nitrogen and oxygen atoms in total. The van der Waals surface area contributed by atoms with Crippen LogP contribution in [-0.4, -0.2) is 63.8 Å². The second-order valence-corrected chi connectivity index (χ2v) is 5.38. The van der Waals surface area contributed by atoms with E-state index < -0.39 is 42.1 Å². The fraction of sp³-hybridized carbons (Fsp3) is 0.727. The second kappa shape index (κ2) is 5.14. The van der Waals surface area contributed by atoms with Crippen LogP contribution in [0.4, 0.5) is 4.79 Å². The Morgan fingerprint density at radius 1 is 1.47 bits per heavy atom. The van der Waals surface area contributed by atoms with Crippen LogP contribution in [-0.2, 0) is 9.59 Å². The Morgan fingerprint density at radius 2 is 2.05 bits per heavy atom. The molecule has 0 spiro atoms. The largest absolute Gasteiger partial charge is 0.393 e. The third-order valence-corrected chi connectivity index (χ3v) is 2.75. The first-order chi connectivity index (χ1) is 8.59. The van der Waals surface area contributed by atoms with E-state index in [2.05, 4.69) is 10.6 Å². The Labute approximate surface area is 110 Å². The molecule has 1 aliphatic rings. The Morgan fingerprint density at radius 3 is 2.47 bits per heavy atom. The number of hydrogen-bond donors (Lipinski definition) is 4. The molecular weight excluding hydrogens is 254 g/mol. The minimum Gasteiger partial charge on any atom is -0.393 e. The summed E-state index contributed by atoms with van der Waals surface area (Å²) in [6.45, 7) is 3.34. The minimum atomic E-state index is -1.44. The predicted octanol–water partition coefficient (Wildman–Crippen LogP) is -1.82. The molecule has 1 aliphatic heterocycles. The van der Waals surface area contributed by atoms with Crippen molar-refractivity contribution in [2.24, 2.45) is 0 Å². The van der Waals surface area contributed by atoms with Crippen molar-refractivity contribution in [1.82, 2.24) is 15.5 Å². The predicted molar refractivity (Wildman–Crippen MR) is 65.0 cm³/mol. The first-order valence-electron chi connectivity index (χ1n) is 5.83. The first kappa shape index (κ1) is 15.4. The fourth-order valence-electron chi connectivity index (χ4n) is 1.51. The highest BCUT2D eigenvalue weighted by Gasteiger charge is 2.44. The number of carbonyl (C=O) groups is 3. The van der Waals surface area contributed by atoms with Crippen molar-refractivity contribution in [2.75, 3.05) is 19.7 Å². The van der Waals surface area contributed by atoms with E-state index >= 15 is 0 Å². The minimum absolute atomic E-state index is 0.171. The van der Waals surface area contributed by atoms with Crippen LogP contribution in [0.1, 0.15) is 20.8 Å². The number of urea groups is 1. The van der Waals surface area contributed by atoms with Crippen molar-refractivity contribution in [3.05, 3.63) is 0 Å². The number of amides is 4. The van der Waals surface area contributed by atoms with Gasteiger partial charge in [-0.05, 0) is 20.8 Å². The Bertz CT molecular complexity index is 405. The summed E-state index contributed by atoms with van der Waals surface area (Å²) in [4.78, 5) is 35.7. The van der Waals surface area contributed by atoms with Crippen LogP contribution in [0.3, 0.4) is 0 Å². The molecule has 0 aromatic heterocycles. The van der Waals surface area contributed by atoms with Gasteiger partial charge in [0, 0.05) is 6.54 Å². The van der Waals surface area contributed by atoms with Gasteiger partial charge in [-0.25, -0.2) is 4.79 Å². The molecule has 1 heterocycles. The van der Waals surface area contributed by atoms with Crippen molar-refractivity contribution in [1.29, 1.82) is 0 Å². The first-order valence-corrected chi connectivity index (χ1v) is 5.83. The Kier molecular flexibility index (Phi) is 4.16. The zero-order valence-electron chi connectivity index (χ0n) is 11.2. The molecule has 1 saturated heterocycles. The molecule has 0 saturated carbocycles. The van der Waals surface area contributed by atoms with Gasteiger partial charge < -0.3 is 20.8 Å². The summed E-state index contributed by atoms with van der Waals surface area (Å²) in [5.41, 5.74) is -2.46. The summed E-state index contributed by atoms with van der Waals surface area (Å²) in [6, 6.07) is -0.626. The number of aliphatic hydroxyl groups is 2. The fourth-order valence-corrected chi connectivity index (χ4v) is 1.51. The molecule has 4 N–H and O–H groups in total. The van der Waals surface area contributed by atoms with E-state index in [-0.39, 0.29) is 6.54 Å². The normalized spacial score (nSPS) is 21.0. The van der Waals surface area contributed by atoms with Crippen LogP contribution in [0.2, 0.25) is 0 Å². The maximum absolute atomic E-state index is 11.8. The average molecular weight is 273 g/mol. The molecule has 0 aromatic carbocycles. The van der Waals surface area contributed by atoms with E-state index in [0.717, 1.165) is 4.90 Å². The summed E-state index contributed by atoms with van der Waals surface area (Å²) in [5, 5.41) is 23.1. The van der Waals surface area contributed by atoms with Gasteiger partial charge in [0.2, 0.25) is 5.91 Å². The van der Waals surface area contributed by atoms with E-state index in [1.807, 2.05) is 0 Å². The molecule has 1 atom stereocenters. The monoisotopic (exact) mass is 273 g/mol. The van der Waals surface area contributed by atoms with Crippen molar-refractivity contribution < 1.29 is 24.6 Å². The van der Waals surface area contributed by atoms with Crippen LogP contribution in [0.25, 0.3) is 0 Å². The van der Waals surface area contributed by atoms with Gasteiger partial charge in [-0.3, -0.25) is 14.5 Å². The number of nitrogens with zero attached hydrogens (tertiary/aromatic N) is 1. The van der Waals surface area contributed by atoms with Gasteiger partial charge in [0.1, 0.15) is 17.7 Å². The number of carbonyl (C=O) groups excluding carboxylic acids is 3. The van der Waals surface area contributed by atoms with Gasteiger partial charge in [-0.15, -0.1) is 0 Å². The molecule has 0 aliphatic carbocycles. The molecule has 108 valence electrons. The maximum atomic E-state index is 11.8. The van der Waals surface area contributed by atoms with E-state index in [1.54, 1.807) is 13.8 Å². The number of aliphatic hydroxyl groups excluding tert-OH is 1. The van der Waals surface area contributed by atoms with Crippen molar-refractivity contribution in [3.8, 4) is 0 Å². The van der Waals surface area contributed by atoms with Crippen LogP contribution in [0.15, 0.2) is 0 Å². The SMILES string of the molecule is CC(O)(CO)CNC(=O)CN1C(=O)NC(C)(C)C1=O. The molecule has 0 bridgehead atoms. The van der Waals surface area contributed by atoms with Gasteiger partial charge in [0.15, 0.2) is 0 Å². The summed E-state index contributed by atoms with van der Waals surface area (Å²) in [7, 11) is 0. The molecule has 0 aromatic rings. The quantitative estimate of drug-likeness (QED) is 0.440. The summed E-state index contributed by atoms with van der Waals surface area (Å²) >= 11 is 0. The average Bonchev–Trinajstić information content (AvgIpc) is 2.49. The van der Waals surface area contributed by atoms with E-state index in [1.165, 1.54) is 6.92 Å². The summed E-state index contributed by atoms with van der Waals surface area (Å²) < 4.78 is 0. The summed E-state index contributed by atoms with van der Waals surface area (Å²) in [6.07, 6.45) is 0. The molecule has 4 amide bonds. The lowest BCUT2D eigenvalue weighted by Crippen LogP contribution is -2.47. The highest BCUT2D eigenvalue weighted by Crippen LogP contribution is 2.15. The smallest absolute Gasteiger partial charge is 0.325 e. The van der Waals surface area contributed by atoms with Crippen molar-refractivity contribution >= 4 is 17.8 Å². The highest BCUT2D eigenvalue weighted by molar-refractivity contribution is 6.08. The zero-order chi connectivity index (χ0) is 14.8. The van der Waals surface area contributed by atoms with Crippen LogP contribution in [0, 0.1) is 0 Å². The third kappa shape index (κ3) is 3.65. The molecule has 1 unspecified atom stereocenters. The van der Waals surface area contributed by atoms with Crippen LogP contribution >= 0.6 is 0 Å². The van der Waals surface area contributed by atoms with Gasteiger partial charge in [-0.2, -0.15) is 0 Å². The second-order valence-electron chi connectivity index (χ2n) is 5.38. The third-order valence-electron chi connectivity index (χ3n) is 2.75. The number of hydrogen-bond acceptors (Lipinski definition) is 5. The lowest BCUT2D eigenvalue weighted by Gasteiger charge is -2.21. The van der Waals surface area contributed by atoms with Gasteiger partial charge >= 0.3 is 6.03 Å². The zero-order valence-corrected chi connectivity index (χ0v) is 11.2.